The monoisotopic (exact) mass is 306 g/mol. The predicted molar refractivity (Wildman–Crippen MR) is 85.7 cm³/mol. The van der Waals surface area contributed by atoms with Crippen LogP contribution < -0.4 is 5.73 Å². The van der Waals surface area contributed by atoms with Crippen molar-refractivity contribution in [3.63, 3.8) is 0 Å². The van der Waals surface area contributed by atoms with Crippen LogP contribution in [0.1, 0.15) is 36.8 Å². The minimum atomic E-state index is -0.530. The summed E-state index contributed by atoms with van der Waals surface area (Å²) in [6.45, 7) is 6.09. The number of nitrogens with two attached hydrogens (primary N) is 1. The van der Waals surface area contributed by atoms with Crippen LogP contribution in [0, 0.1) is 12.8 Å². The highest BCUT2D eigenvalue weighted by atomic mass is 32.2. The van der Waals surface area contributed by atoms with Crippen molar-refractivity contribution in [3.8, 4) is 0 Å². The van der Waals surface area contributed by atoms with Gasteiger partial charge < -0.3 is 10.6 Å². The molecular formula is C16H22N2O2S. The summed E-state index contributed by atoms with van der Waals surface area (Å²) in [6.07, 6.45) is 0.601. The van der Waals surface area contributed by atoms with Crippen LogP contribution in [-0.4, -0.2) is 28.5 Å². The van der Waals surface area contributed by atoms with E-state index in [4.69, 9.17) is 5.73 Å². The third-order valence-corrected chi connectivity index (χ3v) is 4.82. The lowest BCUT2D eigenvalue weighted by Gasteiger charge is -2.32. The second-order valence-corrected chi connectivity index (χ2v) is 6.99. The average Bonchev–Trinajstić information content (AvgIpc) is 2.77. The molecule has 2 amide bonds. The Hall–Kier alpha value is -1.49. The van der Waals surface area contributed by atoms with Crippen LogP contribution in [0.15, 0.2) is 24.3 Å². The molecule has 0 saturated carbocycles. The van der Waals surface area contributed by atoms with Crippen molar-refractivity contribution < 1.29 is 9.59 Å². The molecule has 0 unspecified atom stereocenters. The SMILES string of the molecule is Cc1cccc([C@H]2SCC(=O)N2[C@@H](CC(C)C)C(N)=O)c1. The van der Waals surface area contributed by atoms with Crippen LogP contribution in [-0.2, 0) is 9.59 Å². The molecule has 114 valence electrons. The zero-order valence-corrected chi connectivity index (χ0v) is 13.5. The van der Waals surface area contributed by atoms with E-state index < -0.39 is 11.9 Å². The van der Waals surface area contributed by atoms with Crippen LogP contribution in [0.2, 0.25) is 0 Å². The van der Waals surface area contributed by atoms with Gasteiger partial charge in [0, 0.05) is 0 Å². The first kappa shape index (κ1) is 15.9. The normalized spacial score (nSPS) is 20.1. The fourth-order valence-corrected chi connectivity index (χ4v) is 3.88. The minimum absolute atomic E-state index is 0.00374. The van der Waals surface area contributed by atoms with Crippen molar-refractivity contribution in [2.24, 2.45) is 11.7 Å². The van der Waals surface area contributed by atoms with Gasteiger partial charge in [0.1, 0.15) is 11.4 Å². The van der Waals surface area contributed by atoms with Gasteiger partial charge in [0.2, 0.25) is 11.8 Å². The van der Waals surface area contributed by atoms with Crippen molar-refractivity contribution in [2.75, 3.05) is 5.75 Å². The van der Waals surface area contributed by atoms with Gasteiger partial charge in [-0.2, -0.15) is 0 Å². The topological polar surface area (TPSA) is 63.4 Å². The molecule has 1 fully saturated rings. The van der Waals surface area contributed by atoms with Gasteiger partial charge in [-0.1, -0.05) is 43.7 Å². The van der Waals surface area contributed by atoms with E-state index in [2.05, 4.69) is 6.07 Å². The van der Waals surface area contributed by atoms with Crippen LogP contribution in [0.25, 0.3) is 0 Å². The maximum absolute atomic E-state index is 12.3. The van der Waals surface area contributed by atoms with Crippen molar-refractivity contribution in [1.82, 2.24) is 4.90 Å². The molecule has 0 spiro atoms. The molecule has 1 saturated heterocycles. The van der Waals surface area contributed by atoms with Crippen molar-refractivity contribution in [3.05, 3.63) is 35.4 Å². The van der Waals surface area contributed by atoms with Crippen molar-refractivity contribution >= 4 is 23.6 Å². The summed E-state index contributed by atoms with van der Waals surface area (Å²) in [6, 6.07) is 7.54. The van der Waals surface area contributed by atoms with E-state index in [0.717, 1.165) is 11.1 Å². The second-order valence-electron chi connectivity index (χ2n) is 5.93. The Morgan fingerprint density at radius 3 is 2.76 bits per heavy atom. The van der Waals surface area contributed by atoms with Crippen molar-refractivity contribution in [2.45, 2.75) is 38.6 Å². The number of carbonyl (C=O) groups is 2. The van der Waals surface area contributed by atoms with Gasteiger partial charge in [0.15, 0.2) is 0 Å². The lowest BCUT2D eigenvalue weighted by Crippen LogP contribution is -2.47. The smallest absolute Gasteiger partial charge is 0.240 e. The number of hydrogen-bond donors (Lipinski definition) is 1. The fraction of sp³-hybridized carbons (Fsp3) is 0.500. The number of benzene rings is 1. The summed E-state index contributed by atoms with van der Waals surface area (Å²) in [5.41, 5.74) is 7.76. The number of nitrogens with zero attached hydrogens (tertiary/aromatic N) is 1. The number of rotatable bonds is 5. The van der Waals surface area contributed by atoms with Gasteiger partial charge >= 0.3 is 0 Å². The standard InChI is InChI=1S/C16H22N2O2S/c1-10(2)7-13(15(17)20)18-14(19)9-21-16(18)12-6-4-5-11(3)8-12/h4-6,8,10,13,16H,7,9H2,1-3H3,(H2,17,20)/t13-,16+/m0/s1. The third-order valence-electron chi connectivity index (χ3n) is 3.59. The summed E-state index contributed by atoms with van der Waals surface area (Å²) in [5, 5.41) is -0.117. The predicted octanol–water partition coefficient (Wildman–Crippen LogP) is 2.47. The Bertz CT molecular complexity index is 545. The molecule has 21 heavy (non-hydrogen) atoms. The molecule has 0 aromatic heterocycles. The Morgan fingerprint density at radius 1 is 1.48 bits per heavy atom. The maximum atomic E-state index is 12.3. The summed E-state index contributed by atoms with van der Waals surface area (Å²) in [5.74, 6) is 0.285. The Morgan fingerprint density at radius 2 is 2.19 bits per heavy atom. The molecule has 2 rings (SSSR count). The van der Waals surface area contributed by atoms with E-state index >= 15 is 0 Å². The Labute approximate surface area is 130 Å². The molecule has 2 N–H and O–H groups in total. The van der Waals surface area contributed by atoms with Gasteiger partial charge in [-0.05, 0) is 24.8 Å². The molecule has 4 nitrogen and oxygen atoms in total. The zero-order valence-electron chi connectivity index (χ0n) is 12.7. The first-order valence-electron chi connectivity index (χ1n) is 7.18. The molecule has 2 atom stereocenters. The van der Waals surface area contributed by atoms with E-state index in [1.165, 1.54) is 0 Å². The quantitative estimate of drug-likeness (QED) is 0.909. The highest BCUT2D eigenvalue weighted by molar-refractivity contribution is 8.00. The molecule has 5 heteroatoms. The van der Waals surface area contributed by atoms with E-state index in [-0.39, 0.29) is 11.3 Å². The van der Waals surface area contributed by atoms with E-state index in [0.29, 0.717) is 18.1 Å². The summed E-state index contributed by atoms with van der Waals surface area (Å²) in [7, 11) is 0. The minimum Gasteiger partial charge on any atom is -0.368 e. The molecule has 1 aliphatic heterocycles. The largest absolute Gasteiger partial charge is 0.368 e. The van der Waals surface area contributed by atoms with E-state index in [1.807, 2.05) is 39.0 Å². The summed E-state index contributed by atoms with van der Waals surface area (Å²) < 4.78 is 0. The Kier molecular flexibility index (Phi) is 4.93. The number of amides is 2. The van der Waals surface area contributed by atoms with Crippen molar-refractivity contribution in [1.29, 1.82) is 0 Å². The van der Waals surface area contributed by atoms with Gasteiger partial charge in [0.25, 0.3) is 0 Å². The molecule has 1 aromatic rings. The molecular weight excluding hydrogens is 284 g/mol. The highest BCUT2D eigenvalue weighted by Gasteiger charge is 2.40. The summed E-state index contributed by atoms with van der Waals surface area (Å²) >= 11 is 1.56. The van der Waals surface area contributed by atoms with Gasteiger partial charge in [-0.25, -0.2) is 0 Å². The highest BCUT2D eigenvalue weighted by Crippen LogP contribution is 2.41. The average molecular weight is 306 g/mol. The first-order chi connectivity index (χ1) is 9.90. The number of aryl methyl sites for hydroxylation is 1. The summed E-state index contributed by atoms with van der Waals surface area (Å²) in [4.78, 5) is 25.8. The fourth-order valence-electron chi connectivity index (χ4n) is 2.67. The zero-order chi connectivity index (χ0) is 15.6. The van der Waals surface area contributed by atoms with Crippen LogP contribution in [0.5, 0.6) is 0 Å². The van der Waals surface area contributed by atoms with Gasteiger partial charge in [-0.3, -0.25) is 9.59 Å². The molecule has 0 bridgehead atoms. The van der Waals surface area contributed by atoms with Gasteiger partial charge in [-0.15, -0.1) is 11.8 Å². The van der Waals surface area contributed by atoms with Crippen LogP contribution in [0.4, 0.5) is 0 Å². The second kappa shape index (κ2) is 6.52. The lowest BCUT2D eigenvalue weighted by atomic mass is 10.0. The number of primary amides is 1. The maximum Gasteiger partial charge on any atom is 0.240 e. The molecule has 0 aliphatic carbocycles. The molecule has 1 heterocycles. The van der Waals surface area contributed by atoms with Gasteiger partial charge in [0.05, 0.1) is 5.75 Å². The van der Waals surface area contributed by atoms with Crippen LogP contribution >= 0.6 is 11.8 Å². The number of hydrogen-bond acceptors (Lipinski definition) is 3. The third kappa shape index (κ3) is 3.59. The molecule has 1 aromatic carbocycles. The van der Waals surface area contributed by atoms with E-state index in [1.54, 1.807) is 16.7 Å². The van der Waals surface area contributed by atoms with Crippen LogP contribution in [0.3, 0.4) is 0 Å². The lowest BCUT2D eigenvalue weighted by molar-refractivity contribution is -0.137. The molecule has 0 radical (unpaired) electrons. The number of carbonyl (C=O) groups excluding carboxylic acids is 2. The Balaban J connectivity index is 2.33. The molecule has 1 aliphatic rings. The first-order valence-corrected chi connectivity index (χ1v) is 8.23. The van der Waals surface area contributed by atoms with E-state index in [9.17, 15) is 9.59 Å². The number of thioether (sulfide) groups is 1.